The molecule has 3 aromatic carbocycles. The van der Waals surface area contributed by atoms with E-state index in [1.807, 2.05) is 97.9 Å². The van der Waals surface area contributed by atoms with Gasteiger partial charge in [-0.25, -0.2) is 0 Å². The summed E-state index contributed by atoms with van der Waals surface area (Å²) < 4.78 is 25.0. The molecular formula is C27H29ClO4. The van der Waals surface area contributed by atoms with Crippen LogP contribution in [0.15, 0.2) is 91.0 Å². The Hall–Kier alpha value is -2.21. The molecule has 1 heterocycles. The molecule has 4 rings (SSSR count). The number of benzene rings is 3. The molecular weight excluding hydrogens is 424 g/mol. The van der Waals surface area contributed by atoms with Gasteiger partial charge in [-0.2, -0.15) is 0 Å². The first kappa shape index (κ1) is 23.0. The van der Waals surface area contributed by atoms with E-state index >= 15 is 0 Å². The molecule has 0 amide bonds. The summed E-state index contributed by atoms with van der Waals surface area (Å²) in [5.41, 5.74) is 2.61. The van der Waals surface area contributed by atoms with Crippen molar-refractivity contribution in [3.8, 4) is 0 Å². The molecule has 0 unspecified atom stereocenters. The molecule has 0 aromatic heterocycles. The van der Waals surface area contributed by atoms with Crippen molar-refractivity contribution in [2.24, 2.45) is 0 Å². The van der Waals surface area contributed by atoms with Gasteiger partial charge in [0.15, 0.2) is 5.56 Å². The van der Waals surface area contributed by atoms with E-state index in [1.165, 1.54) is 0 Å². The summed E-state index contributed by atoms with van der Waals surface area (Å²) in [5.74, 6) is 0. The molecule has 0 aliphatic carbocycles. The van der Waals surface area contributed by atoms with Crippen LogP contribution in [-0.4, -0.2) is 30.0 Å². The lowest BCUT2D eigenvalue weighted by atomic mass is 9.99. The van der Waals surface area contributed by atoms with Crippen LogP contribution in [0.25, 0.3) is 0 Å². The first-order valence-corrected chi connectivity index (χ1v) is 11.4. The Kier molecular flexibility index (Phi) is 8.32. The van der Waals surface area contributed by atoms with Crippen LogP contribution in [0.5, 0.6) is 0 Å². The molecule has 5 atom stereocenters. The highest BCUT2D eigenvalue weighted by Crippen LogP contribution is 2.31. The second kappa shape index (κ2) is 11.6. The molecule has 32 heavy (non-hydrogen) atoms. The normalized spacial score (nSPS) is 25.5. The first-order chi connectivity index (χ1) is 15.7. The van der Waals surface area contributed by atoms with Crippen LogP contribution in [-0.2, 0) is 38.8 Å². The predicted molar refractivity (Wildman–Crippen MR) is 125 cm³/mol. The van der Waals surface area contributed by atoms with Gasteiger partial charge in [-0.05, 0) is 23.6 Å². The molecule has 4 nitrogen and oxygen atoms in total. The summed E-state index contributed by atoms with van der Waals surface area (Å²) in [4.78, 5) is 0. The van der Waals surface area contributed by atoms with E-state index in [1.54, 1.807) is 0 Å². The van der Waals surface area contributed by atoms with E-state index < -0.39 is 11.7 Å². The van der Waals surface area contributed by atoms with Crippen LogP contribution in [0.1, 0.15) is 23.6 Å². The van der Waals surface area contributed by atoms with Gasteiger partial charge in [0.2, 0.25) is 0 Å². The van der Waals surface area contributed by atoms with Crippen molar-refractivity contribution >= 4 is 11.6 Å². The number of hydrogen-bond acceptors (Lipinski definition) is 4. The molecule has 1 aliphatic heterocycles. The third-order valence-corrected chi connectivity index (χ3v) is 5.92. The van der Waals surface area contributed by atoms with Gasteiger partial charge in [-0.3, -0.25) is 0 Å². The van der Waals surface area contributed by atoms with Gasteiger partial charge in [0.1, 0.15) is 18.3 Å². The fourth-order valence-electron chi connectivity index (χ4n) is 3.85. The average molecular weight is 453 g/mol. The Labute approximate surface area is 195 Å². The summed E-state index contributed by atoms with van der Waals surface area (Å²) in [6.45, 7) is 3.29. The summed E-state index contributed by atoms with van der Waals surface area (Å²) in [7, 11) is 0. The summed E-state index contributed by atoms with van der Waals surface area (Å²) in [5, 5.41) is 0. The van der Waals surface area contributed by atoms with Crippen LogP contribution in [0, 0.1) is 0 Å². The molecule has 168 valence electrons. The summed E-state index contributed by atoms with van der Waals surface area (Å²) >= 11 is 6.62. The lowest BCUT2D eigenvalue weighted by molar-refractivity contribution is -0.244. The molecule has 5 heteroatoms. The molecule has 0 spiro atoms. The molecule has 1 fully saturated rings. The second-order valence-corrected chi connectivity index (χ2v) is 8.41. The van der Waals surface area contributed by atoms with Gasteiger partial charge >= 0.3 is 0 Å². The second-order valence-electron chi connectivity index (χ2n) is 7.98. The van der Waals surface area contributed by atoms with Gasteiger partial charge in [0.05, 0.1) is 25.9 Å². The zero-order chi connectivity index (χ0) is 22.2. The van der Waals surface area contributed by atoms with Crippen molar-refractivity contribution in [3.05, 3.63) is 108 Å². The zero-order valence-electron chi connectivity index (χ0n) is 18.2. The molecule has 0 radical (unpaired) electrons. The SMILES string of the molecule is C[C@@H]1O[C@H](Cl)[C@H](OCc2ccccc2)[C@H](OCc2ccccc2)[C@H]1OCc1ccccc1. The lowest BCUT2D eigenvalue weighted by Gasteiger charge is -2.43. The average Bonchev–Trinajstić information content (AvgIpc) is 2.83. The summed E-state index contributed by atoms with van der Waals surface area (Å²) in [6.07, 6.45) is -1.42. The highest BCUT2D eigenvalue weighted by Gasteiger charge is 2.46. The number of ether oxygens (including phenoxy) is 4. The van der Waals surface area contributed by atoms with E-state index in [4.69, 9.17) is 30.5 Å². The van der Waals surface area contributed by atoms with Crippen LogP contribution < -0.4 is 0 Å². The maximum atomic E-state index is 6.62. The van der Waals surface area contributed by atoms with Crippen LogP contribution in [0.2, 0.25) is 0 Å². The largest absolute Gasteiger partial charge is 0.368 e. The number of hydrogen-bond donors (Lipinski definition) is 0. The van der Waals surface area contributed by atoms with Gasteiger partial charge in [0, 0.05) is 0 Å². The lowest BCUT2D eigenvalue weighted by Crippen LogP contribution is -2.57. The minimum Gasteiger partial charge on any atom is -0.368 e. The standard InChI is InChI=1S/C27H29ClO4/c1-20-24(29-17-21-11-5-2-6-12-21)25(30-18-22-13-7-3-8-14-22)26(27(28)32-20)31-19-23-15-9-4-10-16-23/h2-16,20,24-27H,17-19H2,1H3/t20-,24-,25+,26+,27-/m0/s1. The highest BCUT2D eigenvalue weighted by atomic mass is 35.5. The van der Waals surface area contributed by atoms with Crippen molar-refractivity contribution in [2.45, 2.75) is 56.7 Å². The number of alkyl halides is 1. The van der Waals surface area contributed by atoms with Crippen LogP contribution >= 0.6 is 11.6 Å². The number of rotatable bonds is 9. The fourth-order valence-corrected chi connectivity index (χ4v) is 4.23. The van der Waals surface area contributed by atoms with Crippen molar-refractivity contribution < 1.29 is 18.9 Å². The third-order valence-electron chi connectivity index (χ3n) is 5.57. The topological polar surface area (TPSA) is 36.9 Å². The third kappa shape index (κ3) is 6.18. The Balaban J connectivity index is 1.50. The number of halogens is 1. The molecule has 0 bridgehead atoms. The predicted octanol–water partition coefficient (Wildman–Crippen LogP) is 5.73. The quantitative estimate of drug-likeness (QED) is 0.389. The Morgan fingerprint density at radius 3 is 1.41 bits per heavy atom. The van der Waals surface area contributed by atoms with Crippen molar-refractivity contribution in [2.75, 3.05) is 0 Å². The Bertz CT molecular complexity index is 867. The van der Waals surface area contributed by atoms with Crippen LogP contribution in [0.3, 0.4) is 0 Å². The monoisotopic (exact) mass is 452 g/mol. The van der Waals surface area contributed by atoms with Gasteiger partial charge in [-0.1, -0.05) is 103 Å². The molecule has 1 aliphatic rings. The van der Waals surface area contributed by atoms with E-state index in [0.717, 1.165) is 16.7 Å². The first-order valence-electron chi connectivity index (χ1n) is 11.0. The van der Waals surface area contributed by atoms with Crippen molar-refractivity contribution in [3.63, 3.8) is 0 Å². The fraction of sp³-hybridized carbons (Fsp3) is 0.333. The minimum atomic E-state index is -0.633. The molecule has 1 saturated heterocycles. The smallest absolute Gasteiger partial charge is 0.160 e. The van der Waals surface area contributed by atoms with E-state index in [-0.39, 0.29) is 18.3 Å². The van der Waals surface area contributed by atoms with Gasteiger partial charge in [0.25, 0.3) is 0 Å². The Morgan fingerprint density at radius 2 is 0.969 bits per heavy atom. The van der Waals surface area contributed by atoms with Crippen molar-refractivity contribution in [1.82, 2.24) is 0 Å². The van der Waals surface area contributed by atoms with E-state index in [0.29, 0.717) is 19.8 Å². The van der Waals surface area contributed by atoms with Crippen molar-refractivity contribution in [1.29, 1.82) is 0 Å². The maximum Gasteiger partial charge on any atom is 0.160 e. The van der Waals surface area contributed by atoms with E-state index in [9.17, 15) is 0 Å². The van der Waals surface area contributed by atoms with Crippen LogP contribution in [0.4, 0.5) is 0 Å². The molecule has 0 N–H and O–H groups in total. The minimum absolute atomic E-state index is 0.237. The maximum absolute atomic E-state index is 6.62. The van der Waals surface area contributed by atoms with E-state index in [2.05, 4.69) is 0 Å². The Morgan fingerprint density at radius 1 is 0.594 bits per heavy atom. The van der Waals surface area contributed by atoms with Gasteiger partial charge < -0.3 is 18.9 Å². The molecule has 0 saturated carbocycles. The molecule has 3 aromatic rings. The van der Waals surface area contributed by atoms with Gasteiger partial charge in [-0.15, -0.1) is 0 Å². The zero-order valence-corrected chi connectivity index (χ0v) is 18.9. The summed E-state index contributed by atoms with van der Waals surface area (Å²) in [6, 6.07) is 30.2. The highest BCUT2D eigenvalue weighted by molar-refractivity contribution is 6.20.